The standard InChI is InChI=1S/C34H45B2NO4.C24H27N.C22H21Br2N/c1-10-11-12-25-13-19-28(20-14-25)37(29-21-15-26(16-22-29)35-38-31(2,3)32(4,5)39-35)30-23-17-27(18-24-30)36-40-33(6,7)34(8,9)41-36;1-4-5-6-21-11-17-24(18-12-21)25(22-13-7-19(2)8-14-22)23-15-9-20(3)10-16-23;1-2-3-4-17-5-11-20(12-6-17)25(21-13-7-18(23)8-14-21)22-15-9-19(24)10-16-22/h13-24H,10-12H2,1-9H3;7-18H,4-6H2,1-3H3;5-16H,2-4H2,1H3. The van der Waals surface area contributed by atoms with Crippen molar-refractivity contribution in [3.63, 3.8) is 0 Å². The summed E-state index contributed by atoms with van der Waals surface area (Å²) < 4.78 is 27.4. The lowest BCUT2D eigenvalue weighted by atomic mass is 9.79. The van der Waals surface area contributed by atoms with Gasteiger partial charge in [-0.05, 0) is 269 Å². The van der Waals surface area contributed by atoms with Crippen LogP contribution in [0.3, 0.4) is 0 Å². The fourth-order valence-electron chi connectivity index (χ4n) is 11.0. The largest absolute Gasteiger partial charge is 0.494 e. The molecule has 2 aliphatic heterocycles. The third-order valence-corrected chi connectivity index (χ3v) is 19.2. The van der Waals surface area contributed by atoms with E-state index in [0.29, 0.717) is 0 Å². The average molecular weight is 1340 g/mol. The molecule has 0 spiro atoms. The van der Waals surface area contributed by atoms with Gasteiger partial charge in [-0.25, -0.2) is 0 Å². The van der Waals surface area contributed by atoms with Gasteiger partial charge in [0.2, 0.25) is 0 Å². The third-order valence-electron chi connectivity index (χ3n) is 18.1. The lowest BCUT2D eigenvalue weighted by Crippen LogP contribution is -2.41. The SMILES string of the molecule is CCCCc1ccc(N(c2ccc(B3OC(C)(C)C(C)(C)O3)cc2)c2ccc(B3OC(C)(C)C(C)(C)O3)cc2)cc1.CCCCc1ccc(N(c2ccc(Br)cc2)c2ccc(Br)cc2)cc1.CCCCc1ccc(N(c2ccc(C)cc2)c2ccc(C)cc2)cc1. The van der Waals surface area contributed by atoms with E-state index in [0.717, 1.165) is 67.6 Å². The number of halogens is 2. The number of hydrogen-bond acceptors (Lipinski definition) is 7. The first-order valence-corrected chi connectivity index (χ1v) is 34.4. The molecule has 11 heteroatoms. The number of rotatable bonds is 20. The van der Waals surface area contributed by atoms with Crippen LogP contribution in [0, 0.1) is 13.8 Å². The molecule has 2 aliphatic rings. The van der Waals surface area contributed by atoms with Gasteiger partial charge in [0.15, 0.2) is 0 Å². The summed E-state index contributed by atoms with van der Waals surface area (Å²) in [6, 6.07) is 78.2. The van der Waals surface area contributed by atoms with E-state index in [9.17, 15) is 0 Å². The molecule has 0 N–H and O–H groups in total. The normalized spacial score (nSPS) is 15.1. The van der Waals surface area contributed by atoms with Gasteiger partial charge in [0.05, 0.1) is 22.4 Å². The Morgan fingerprint density at radius 2 is 0.473 bits per heavy atom. The van der Waals surface area contributed by atoms with Gasteiger partial charge in [-0.3, -0.25) is 0 Å². The van der Waals surface area contributed by atoms with Gasteiger partial charge in [0.1, 0.15) is 0 Å². The molecule has 0 radical (unpaired) electrons. The Hall–Kier alpha value is -6.69. The average Bonchev–Trinajstić information content (AvgIpc) is 1.73. The molecule has 0 aliphatic carbocycles. The van der Waals surface area contributed by atoms with Crippen molar-refractivity contribution in [3.05, 3.63) is 255 Å². The second kappa shape index (κ2) is 30.8. The van der Waals surface area contributed by atoms with Gasteiger partial charge in [-0.15, -0.1) is 0 Å². The van der Waals surface area contributed by atoms with Gasteiger partial charge in [-0.1, -0.05) is 168 Å². The van der Waals surface area contributed by atoms with Crippen LogP contribution in [-0.2, 0) is 37.9 Å². The Bertz CT molecular complexity index is 3350. The lowest BCUT2D eigenvalue weighted by Gasteiger charge is -2.32. The minimum Gasteiger partial charge on any atom is -0.399 e. The van der Waals surface area contributed by atoms with E-state index in [1.807, 2.05) is 0 Å². The highest BCUT2D eigenvalue weighted by atomic mass is 79.9. The van der Waals surface area contributed by atoms with Crippen LogP contribution in [0.2, 0.25) is 0 Å². The first kappa shape index (κ1) is 68.7. The van der Waals surface area contributed by atoms with E-state index in [-0.39, 0.29) is 36.6 Å². The molecule has 9 aromatic carbocycles. The quantitative estimate of drug-likeness (QED) is 0.0705. The van der Waals surface area contributed by atoms with E-state index < -0.39 is 0 Å². The predicted octanol–water partition coefficient (Wildman–Crippen LogP) is 22.2. The molecule has 7 nitrogen and oxygen atoms in total. The van der Waals surface area contributed by atoms with Crippen molar-refractivity contribution in [1.29, 1.82) is 0 Å². The zero-order valence-corrected chi connectivity index (χ0v) is 59.2. The van der Waals surface area contributed by atoms with Gasteiger partial charge >= 0.3 is 14.2 Å². The maximum atomic E-state index is 6.30. The number of hydrogen-bond donors (Lipinski definition) is 0. The van der Waals surface area contributed by atoms with Crippen molar-refractivity contribution < 1.29 is 18.6 Å². The van der Waals surface area contributed by atoms with Gasteiger partial charge < -0.3 is 33.3 Å². The molecule has 0 aromatic heterocycles. The molecule has 0 amide bonds. The monoisotopic (exact) mass is 1340 g/mol. The van der Waals surface area contributed by atoms with Crippen molar-refractivity contribution in [1.82, 2.24) is 0 Å². The van der Waals surface area contributed by atoms with Crippen LogP contribution in [0.15, 0.2) is 227 Å². The molecular weight excluding hydrogens is 1250 g/mol. The molecule has 472 valence electrons. The Morgan fingerprint density at radius 3 is 0.681 bits per heavy atom. The Morgan fingerprint density at radius 1 is 0.286 bits per heavy atom. The summed E-state index contributed by atoms with van der Waals surface area (Å²) in [5.74, 6) is 0. The van der Waals surface area contributed by atoms with Crippen LogP contribution in [0.1, 0.15) is 143 Å². The van der Waals surface area contributed by atoms with Crippen molar-refractivity contribution in [3.8, 4) is 0 Å². The summed E-state index contributed by atoms with van der Waals surface area (Å²) in [6.45, 7) is 27.6. The predicted molar refractivity (Wildman–Crippen MR) is 396 cm³/mol. The molecule has 2 fully saturated rings. The molecular formula is C80H93B2Br2N3O4. The topological polar surface area (TPSA) is 46.6 Å². The second-order valence-corrected chi connectivity index (χ2v) is 28.1. The van der Waals surface area contributed by atoms with Crippen molar-refractivity contribution in [2.24, 2.45) is 0 Å². The highest BCUT2D eigenvalue weighted by Crippen LogP contribution is 2.41. The van der Waals surface area contributed by atoms with Gasteiger partial charge in [-0.2, -0.15) is 0 Å². The Kier molecular flexibility index (Phi) is 23.3. The van der Waals surface area contributed by atoms with Gasteiger partial charge in [0, 0.05) is 60.1 Å². The summed E-state index contributed by atoms with van der Waals surface area (Å²) in [6.07, 6.45) is 10.7. The summed E-state index contributed by atoms with van der Waals surface area (Å²) >= 11 is 7.05. The molecule has 9 aromatic rings. The Balaban J connectivity index is 0.000000170. The summed E-state index contributed by atoms with van der Waals surface area (Å²) in [5.41, 5.74) is 17.5. The molecule has 91 heavy (non-hydrogen) atoms. The number of nitrogens with zero attached hydrogens (tertiary/aromatic N) is 3. The molecule has 0 saturated carbocycles. The van der Waals surface area contributed by atoms with E-state index >= 15 is 0 Å². The number of unbranched alkanes of at least 4 members (excludes halogenated alkanes) is 3. The van der Waals surface area contributed by atoms with Crippen LogP contribution in [0.4, 0.5) is 51.2 Å². The highest BCUT2D eigenvalue weighted by Gasteiger charge is 2.53. The maximum absolute atomic E-state index is 6.30. The van der Waals surface area contributed by atoms with E-state index in [4.69, 9.17) is 18.6 Å². The third kappa shape index (κ3) is 17.5. The first-order valence-electron chi connectivity index (χ1n) is 32.8. The fraction of sp³-hybridized carbons (Fsp3) is 0.325. The smallest absolute Gasteiger partial charge is 0.399 e. The Labute approximate surface area is 563 Å². The van der Waals surface area contributed by atoms with Crippen LogP contribution < -0.4 is 25.6 Å². The number of aryl methyl sites for hydroxylation is 5. The van der Waals surface area contributed by atoms with Crippen molar-refractivity contribution in [2.75, 3.05) is 14.7 Å². The molecule has 0 bridgehead atoms. The highest BCUT2D eigenvalue weighted by molar-refractivity contribution is 9.10. The minimum absolute atomic E-state index is 0.374. The van der Waals surface area contributed by atoms with Crippen LogP contribution in [-0.4, -0.2) is 36.6 Å². The van der Waals surface area contributed by atoms with Crippen molar-refractivity contribution in [2.45, 2.75) is 170 Å². The molecule has 2 heterocycles. The number of benzene rings is 9. The second-order valence-electron chi connectivity index (χ2n) is 26.3. The lowest BCUT2D eigenvalue weighted by molar-refractivity contribution is 0.00578. The zero-order valence-electron chi connectivity index (χ0n) is 56.0. The maximum Gasteiger partial charge on any atom is 0.494 e. The minimum atomic E-state index is -0.389. The molecule has 2 saturated heterocycles. The fourth-order valence-corrected chi connectivity index (χ4v) is 11.5. The van der Waals surface area contributed by atoms with Gasteiger partial charge in [0.25, 0.3) is 0 Å². The summed E-state index contributed by atoms with van der Waals surface area (Å²) in [7, 11) is -0.779. The van der Waals surface area contributed by atoms with Crippen LogP contribution >= 0.6 is 31.9 Å². The van der Waals surface area contributed by atoms with Crippen molar-refractivity contribution >= 4 is 108 Å². The van der Waals surface area contributed by atoms with E-state index in [1.54, 1.807) is 0 Å². The van der Waals surface area contributed by atoms with E-state index in [2.05, 4.69) is 355 Å². The molecule has 0 unspecified atom stereocenters. The first-order chi connectivity index (χ1) is 43.6. The van der Waals surface area contributed by atoms with E-state index in [1.165, 1.54) is 89.1 Å². The van der Waals surface area contributed by atoms with Crippen LogP contribution in [0.25, 0.3) is 0 Å². The molecule has 11 rings (SSSR count). The summed E-state index contributed by atoms with van der Waals surface area (Å²) in [4.78, 5) is 6.89. The molecule has 0 atom stereocenters. The zero-order chi connectivity index (χ0) is 64.9. The van der Waals surface area contributed by atoms with Crippen LogP contribution in [0.5, 0.6) is 0 Å². The number of anilines is 9. The summed E-state index contributed by atoms with van der Waals surface area (Å²) in [5, 5.41) is 0.